The Balaban J connectivity index is 1.55. The van der Waals surface area contributed by atoms with Crippen LogP contribution in [0.25, 0.3) is 0 Å². The fourth-order valence-corrected chi connectivity index (χ4v) is 4.35. The van der Waals surface area contributed by atoms with E-state index in [2.05, 4.69) is 15.5 Å². The quantitative estimate of drug-likeness (QED) is 0.674. The molecule has 3 N–H and O–H groups in total. The molecule has 1 saturated heterocycles. The average Bonchev–Trinajstić information content (AvgIpc) is 2.93. The second-order valence-corrected chi connectivity index (χ2v) is 6.67. The highest BCUT2D eigenvalue weighted by molar-refractivity contribution is 5.80. The van der Waals surface area contributed by atoms with Crippen LogP contribution in [0, 0.1) is 17.8 Å². The zero-order valence-electron chi connectivity index (χ0n) is 12.4. The Bertz CT molecular complexity index is 407. The van der Waals surface area contributed by atoms with Gasteiger partial charge in [0.2, 0.25) is 5.91 Å². The molecule has 0 aromatic heterocycles. The molecule has 0 spiro atoms. The minimum Gasteiger partial charge on any atom is -0.481 e. The van der Waals surface area contributed by atoms with Crippen LogP contribution in [-0.4, -0.2) is 60.6 Å². The Morgan fingerprint density at radius 2 is 2.00 bits per heavy atom. The van der Waals surface area contributed by atoms with Gasteiger partial charge in [0.25, 0.3) is 0 Å². The molecule has 2 bridgehead atoms. The van der Waals surface area contributed by atoms with Crippen molar-refractivity contribution in [1.29, 1.82) is 0 Å². The summed E-state index contributed by atoms with van der Waals surface area (Å²) in [6.07, 6.45) is 4.09. The summed E-state index contributed by atoms with van der Waals surface area (Å²) in [5, 5.41) is 15.8. The third-order valence-corrected chi connectivity index (χ3v) is 5.33. The van der Waals surface area contributed by atoms with Crippen LogP contribution in [0.3, 0.4) is 0 Å². The van der Waals surface area contributed by atoms with Gasteiger partial charge in [0.05, 0.1) is 12.5 Å². The monoisotopic (exact) mass is 295 g/mol. The largest absolute Gasteiger partial charge is 0.481 e. The molecule has 0 aromatic rings. The van der Waals surface area contributed by atoms with Crippen molar-refractivity contribution in [3.8, 4) is 0 Å². The van der Waals surface area contributed by atoms with E-state index in [4.69, 9.17) is 0 Å². The first-order chi connectivity index (χ1) is 10.1. The number of fused-ring (bicyclic) bond motifs is 2. The third-order valence-electron chi connectivity index (χ3n) is 5.33. The van der Waals surface area contributed by atoms with Gasteiger partial charge in [-0.15, -0.1) is 0 Å². The van der Waals surface area contributed by atoms with Crippen molar-refractivity contribution in [1.82, 2.24) is 15.5 Å². The topological polar surface area (TPSA) is 81.7 Å². The molecule has 3 aliphatic rings. The van der Waals surface area contributed by atoms with Crippen molar-refractivity contribution in [2.24, 2.45) is 17.8 Å². The average molecular weight is 295 g/mol. The van der Waals surface area contributed by atoms with Crippen LogP contribution in [-0.2, 0) is 9.59 Å². The van der Waals surface area contributed by atoms with Gasteiger partial charge in [-0.1, -0.05) is 0 Å². The number of carbonyl (C=O) groups excluding carboxylic acids is 1. The predicted molar refractivity (Wildman–Crippen MR) is 77.8 cm³/mol. The molecule has 3 rings (SSSR count). The van der Waals surface area contributed by atoms with Crippen LogP contribution < -0.4 is 10.6 Å². The maximum Gasteiger partial charge on any atom is 0.308 e. The Kier molecular flexibility index (Phi) is 4.45. The summed E-state index contributed by atoms with van der Waals surface area (Å²) < 4.78 is 0. The second kappa shape index (κ2) is 6.32. The Morgan fingerprint density at radius 1 is 1.19 bits per heavy atom. The highest BCUT2D eigenvalue weighted by Gasteiger charge is 2.51. The standard InChI is InChI=1S/C15H25N3O3/c19-12(9-18-6-1-4-16-5-7-18)17-14-11-3-2-10(8-11)13(14)15(20)21/h10-11,13-14,16H,1-9H2,(H,17,19)(H,20,21). The van der Waals surface area contributed by atoms with Crippen molar-refractivity contribution < 1.29 is 14.7 Å². The van der Waals surface area contributed by atoms with Gasteiger partial charge in [0, 0.05) is 19.1 Å². The van der Waals surface area contributed by atoms with E-state index >= 15 is 0 Å². The molecule has 0 aromatic carbocycles. The number of hydrogen-bond donors (Lipinski definition) is 3. The molecule has 21 heavy (non-hydrogen) atoms. The lowest BCUT2D eigenvalue weighted by Crippen LogP contribution is -2.50. The van der Waals surface area contributed by atoms with Gasteiger partial charge >= 0.3 is 5.97 Å². The Hall–Kier alpha value is -1.14. The van der Waals surface area contributed by atoms with Crippen LogP contribution in [0.5, 0.6) is 0 Å². The smallest absolute Gasteiger partial charge is 0.308 e. The third kappa shape index (κ3) is 3.21. The van der Waals surface area contributed by atoms with Gasteiger partial charge in [-0.25, -0.2) is 0 Å². The van der Waals surface area contributed by atoms with Crippen molar-refractivity contribution in [3.05, 3.63) is 0 Å². The van der Waals surface area contributed by atoms with Crippen LogP contribution in [0.4, 0.5) is 0 Å². The zero-order chi connectivity index (χ0) is 14.8. The molecule has 4 unspecified atom stereocenters. The van der Waals surface area contributed by atoms with E-state index < -0.39 is 5.97 Å². The molecule has 3 fully saturated rings. The molecule has 2 aliphatic carbocycles. The minimum atomic E-state index is -0.744. The van der Waals surface area contributed by atoms with E-state index in [0.29, 0.717) is 12.5 Å². The summed E-state index contributed by atoms with van der Waals surface area (Å²) >= 11 is 0. The van der Waals surface area contributed by atoms with Crippen LogP contribution in [0.1, 0.15) is 25.7 Å². The summed E-state index contributed by atoms with van der Waals surface area (Å²) in [4.78, 5) is 25.9. The van der Waals surface area contributed by atoms with Crippen LogP contribution >= 0.6 is 0 Å². The van der Waals surface area contributed by atoms with E-state index in [1.54, 1.807) is 0 Å². The van der Waals surface area contributed by atoms with Crippen molar-refractivity contribution >= 4 is 11.9 Å². The normalized spacial score (nSPS) is 36.4. The summed E-state index contributed by atoms with van der Waals surface area (Å²) in [5.41, 5.74) is 0. The maximum absolute atomic E-state index is 12.3. The van der Waals surface area contributed by atoms with Crippen LogP contribution in [0.2, 0.25) is 0 Å². The van der Waals surface area contributed by atoms with Gasteiger partial charge in [-0.3, -0.25) is 14.5 Å². The molecular formula is C15H25N3O3. The number of nitrogens with zero attached hydrogens (tertiary/aromatic N) is 1. The fourth-order valence-electron chi connectivity index (χ4n) is 4.35. The predicted octanol–water partition coefficient (Wildman–Crippen LogP) is -0.103. The van der Waals surface area contributed by atoms with Gasteiger partial charge in [0.15, 0.2) is 0 Å². The zero-order valence-corrected chi connectivity index (χ0v) is 12.4. The molecule has 0 radical (unpaired) electrons. The van der Waals surface area contributed by atoms with Gasteiger partial charge < -0.3 is 15.7 Å². The summed E-state index contributed by atoms with van der Waals surface area (Å²) in [7, 11) is 0. The summed E-state index contributed by atoms with van der Waals surface area (Å²) in [6.45, 7) is 4.12. The SMILES string of the molecule is O=C(CN1CCCNCC1)NC1C2CCC(C2)C1C(=O)O. The number of hydrogen-bond acceptors (Lipinski definition) is 4. The maximum atomic E-state index is 12.3. The molecule has 118 valence electrons. The molecule has 6 heteroatoms. The van der Waals surface area contributed by atoms with E-state index in [-0.39, 0.29) is 23.8 Å². The Morgan fingerprint density at radius 3 is 2.81 bits per heavy atom. The first kappa shape index (κ1) is 14.8. The lowest BCUT2D eigenvalue weighted by atomic mass is 9.84. The first-order valence-electron chi connectivity index (χ1n) is 8.10. The van der Waals surface area contributed by atoms with E-state index in [0.717, 1.165) is 51.9 Å². The van der Waals surface area contributed by atoms with Crippen molar-refractivity contribution in [3.63, 3.8) is 0 Å². The molecule has 2 saturated carbocycles. The number of amides is 1. The number of carbonyl (C=O) groups is 2. The van der Waals surface area contributed by atoms with E-state index in [1.807, 2.05) is 0 Å². The second-order valence-electron chi connectivity index (χ2n) is 6.67. The number of carboxylic acid groups (broad SMARTS) is 1. The van der Waals surface area contributed by atoms with Crippen molar-refractivity contribution in [2.45, 2.75) is 31.7 Å². The first-order valence-corrected chi connectivity index (χ1v) is 8.10. The van der Waals surface area contributed by atoms with E-state index in [9.17, 15) is 14.7 Å². The molecule has 6 nitrogen and oxygen atoms in total. The van der Waals surface area contributed by atoms with Gasteiger partial charge in [-0.05, 0) is 50.6 Å². The number of rotatable bonds is 4. The number of carboxylic acids is 1. The highest BCUT2D eigenvalue weighted by Crippen LogP contribution is 2.48. The van der Waals surface area contributed by atoms with Gasteiger partial charge in [0.1, 0.15) is 0 Å². The molecule has 1 amide bonds. The molecule has 1 aliphatic heterocycles. The van der Waals surface area contributed by atoms with E-state index in [1.165, 1.54) is 0 Å². The highest BCUT2D eigenvalue weighted by atomic mass is 16.4. The summed E-state index contributed by atoms with van der Waals surface area (Å²) in [6, 6.07) is -0.154. The van der Waals surface area contributed by atoms with Crippen molar-refractivity contribution in [2.75, 3.05) is 32.7 Å². The van der Waals surface area contributed by atoms with Crippen LogP contribution in [0.15, 0.2) is 0 Å². The lowest BCUT2D eigenvalue weighted by Gasteiger charge is -2.30. The molecular weight excluding hydrogens is 270 g/mol. The lowest BCUT2D eigenvalue weighted by molar-refractivity contribution is -0.144. The minimum absolute atomic E-state index is 0.0132. The summed E-state index contributed by atoms with van der Waals surface area (Å²) in [5.74, 6) is -0.503. The number of aliphatic carboxylic acids is 1. The Labute approximate surface area is 125 Å². The number of nitrogens with one attached hydrogen (secondary N) is 2. The van der Waals surface area contributed by atoms with Gasteiger partial charge in [-0.2, -0.15) is 0 Å². The molecule has 4 atom stereocenters. The molecule has 1 heterocycles. The fraction of sp³-hybridized carbons (Fsp3) is 0.867.